The van der Waals surface area contributed by atoms with Crippen molar-refractivity contribution in [3.05, 3.63) is 77.1 Å². The standard InChI is InChI=1S/C28H38N4OS/c1-22-28(27(29-32(22)3)21-25-11-5-4-6-12-25)30-34(33)26-15-13-23(14-16-26)9-7-8-10-24-17-19-31(2)20-18-24/h4-6,11-16,24,30H,7-10,17-21H2,1-3H3. The van der Waals surface area contributed by atoms with Crippen LogP contribution in [0.25, 0.3) is 0 Å². The SMILES string of the molecule is Cc1c(N[S+]([O-])c2ccc(CCCCC3CCN(C)CC3)cc2)c(Cc2ccccc2)nn1C. The van der Waals surface area contributed by atoms with Gasteiger partial charge in [-0.15, -0.1) is 0 Å². The summed E-state index contributed by atoms with van der Waals surface area (Å²) in [6.45, 7) is 4.52. The first-order valence-electron chi connectivity index (χ1n) is 12.5. The van der Waals surface area contributed by atoms with Gasteiger partial charge in [-0.2, -0.15) is 9.82 Å². The molecule has 1 fully saturated rings. The third-order valence-electron chi connectivity index (χ3n) is 7.12. The van der Waals surface area contributed by atoms with Gasteiger partial charge in [0.25, 0.3) is 0 Å². The third kappa shape index (κ3) is 6.65. The number of aryl methyl sites for hydroxylation is 2. The molecule has 5 nitrogen and oxygen atoms in total. The molecule has 3 aromatic rings. The highest BCUT2D eigenvalue weighted by atomic mass is 32.2. The fraction of sp³-hybridized carbons (Fsp3) is 0.464. The molecular weight excluding hydrogens is 440 g/mol. The minimum atomic E-state index is -1.33. The van der Waals surface area contributed by atoms with E-state index in [4.69, 9.17) is 0 Å². The number of rotatable bonds is 10. The van der Waals surface area contributed by atoms with E-state index in [9.17, 15) is 4.55 Å². The number of aromatic nitrogens is 2. The minimum absolute atomic E-state index is 0.707. The summed E-state index contributed by atoms with van der Waals surface area (Å²) in [5.74, 6) is 0.912. The summed E-state index contributed by atoms with van der Waals surface area (Å²) in [6.07, 6.45) is 8.39. The van der Waals surface area contributed by atoms with Crippen molar-refractivity contribution in [3.8, 4) is 0 Å². The van der Waals surface area contributed by atoms with Crippen LogP contribution in [0.4, 0.5) is 5.69 Å². The van der Waals surface area contributed by atoms with Gasteiger partial charge in [-0.1, -0.05) is 55.3 Å². The summed E-state index contributed by atoms with van der Waals surface area (Å²) in [5, 5.41) is 4.66. The van der Waals surface area contributed by atoms with Gasteiger partial charge in [0.1, 0.15) is 17.0 Å². The molecule has 2 aromatic carbocycles. The van der Waals surface area contributed by atoms with Crippen molar-refractivity contribution in [3.63, 3.8) is 0 Å². The van der Waals surface area contributed by atoms with Gasteiger partial charge >= 0.3 is 0 Å². The summed E-state index contributed by atoms with van der Waals surface area (Å²) in [6, 6.07) is 18.5. The Balaban J connectivity index is 1.29. The monoisotopic (exact) mass is 478 g/mol. The van der Waals surface area contributed by atoms with Crippen LogP contribution in [-0.2, 0) is 31.3 Å². The number of hydrogen-bond acceptors (Lipinski definition) is 4. The van der Waals surface area contributed by atoms with Crippen LogP contribution < -0.4 is 4.72 Å². The first-order valence-corrected chi connectivity index (χ1v) is 13.7. The number of unbranched alkanes of at least 4 members (excludes halogenated alkanes) is 1. The molecule has 0 amide bonds. The molecule has 0 bridgehead atoms. The zero-order valence-corrected chi connectivity index (χ0v) is 21.6. The molecule has 1 aromatic heterocycles. The highest BCUT2D eigenvalue weighted by Crippen LogP contribution is 2.26. The van der Waals surface area contributed by atoms with Gasteiger partial charge < -0.3 is 9.45 Å². The van der Waals surface area contributed by atoms with Crippen LogP contribution in [0.5, 0.6) is 0 Å². The number of hydrogen-bond donors (Lipinski definition) is 1. The molecule has 1 saturated heterocycles. The van der Waals surface area contributed by atoms with Gasteiger partial charge in [-0.3, -0.25) is 4.68 Å². The van der Waals surface area contributed by atoms with E-state index in [1.54, 1.807) is 0 Å². The van der Waals surface area contributed by atoms with Gasteiger partial charge in [0, 0.05) is 13.5 Å². The molecule has 1 aliphatic rings. The van der Waals surface area contributed by atoms with Crippen LogP contribution in [0.1, 0.15) is 54.6 Å². The Morgan fingerprint density at radius 2 is 1.68 bits per heavy atom. The largest absolute Gasteiger partial charge is 0.588 e. The van der Waals surface area contributed by atoms with Crippen molar-refractivity contribution in [2.24, 2.45) is 13.0 Å². The molecule has 2 heterocycles. The van der Waals surface area contributed by atoms with E-state index in [2.05, 4.69) is 46.0 Å². The van der Waals surface area contributed by atoms with E-state index in [0.717, 1.165) is 34.3 Å². The molecule has 1 aliphatic heterocycles. The number of likely N-dealkylation sites (tertiary alicyclic amines) is 1. The second-order valence-corrected chi connectivity index (χ2v) is 10.9. The van der Waals surface area contributed by atoms with E-state index in [1.807, 2.05) is 49.0 Å². The van der Waals surface area contributed by atoms with Gasteiger partial charge in [-0.25, -0.2) is 0 Å². The highest BCUT2D eigenvalue weighted by molar-refractivity contribution is 7.92. The molecule has 0 saturated carbocycles. The predicted octanol–water partition coefficient (Wildman–Crippen LogP) is 5.51. The van der Waals surface area contributed by atoms with Gasteiger partial charge in [0.05, 0.1) is 11.4 Å². The Morgan fingerprint density at radius 3 is 2.38 bits per heavy atom. The summed E-state index contributed by atoms with van der Waals surface area (Å²) >= 11 is -1.33. The van der Waals surface area contributed by atoms with Crippen molar-refractivity contribution >= 4 is 17.0 Å². The average molecular weight is 479 g/mol. The molecule has 1 unspecified atom stereocenters. The number of anilines is 1. The molecule has 0 spiro atoms. The van der Waals surface area contributed by atoms with E-state index >= 15 is 0 Å². The van der Waals surface area contributed by atoms with E-state index in [0.29, 0.717) is 6.42 Å². The molecular formula is C28H38N4OS. The van der Waals surface area contributed by atoms with Crippen LogP contribution in [-0.4, -0.2) is 39.4 Å². The predicted molar refractivity (Wildman–Crippen MR) is 141 cm³/mol. The van der Waals surface area contributed by atoms with E-state index in [-0.39, 0.29) is 0 Å². The molecule has 6 heteroatoms. The fourth-order valence-electron chi connectivity index (χ4n) is 4.77. The summed E-state index contributed by atoms with van der Waals surface area (Å²) in [5.41, 5.74) is 5.28. The van der Waals surface area contributed by atoms with Crippen LogP contribution >= 0.6 is 0 Å². The fourth-order valence-corrected chi connectivity index (χ4v) is 5.72. The van der Waals surface area contributed by atoms with Crippen LogP contribution in [0.3, 0.4) is 0 Å². The first kappa shape index (κ1) is 24.8. The maximum absolute atomic E-state index is 13.1. The second-order valence-electron chi connectivity index (χ2n) is 9.70. The summed E-state index contributed by atoms with van der Waals surface area (Å²) in [7, 11) is 4.16. The Bertz CT molecular complexity index is 1030. The van der Waals surface area contributed by atoms with Crippen molar-refractivity contribution in [1.29, 1.82) is 0 Å². The van der Waals surface area contributed by atoms with Crippen molar-refractivity contribution < 1.29 is 4.55 Å². The second kappa shape index (κ2) is 11.9. The maximum atomic E-state index is 13.1. The van der Waals surface area contributed by atoms with Crippen LogP contribution in [0, 0.1) is 12.8 Å². The van der Waals surface area contributed by atoms with Crippen molar-refractivity contribution in [2.45, 2.75) is 56.8 Å². The number of nitrogens with one attached hydrogen (secondary N) is 1. The van der Waals surface area contributed by atoms with Gasteiger partial charge in [-0.05, 0) is 81.9 Å². The van der Waals surface area contributed by atoms with Crippen LogP contribution in [0.2, 0.25) is 0 Å². The lowest BCUT2D eigenvalue weighted by Gasteiger charge is -2.28. The molecule has 1 N–H and O–H groups in total. The normalized spacial score (nSPS) is 16.0. The Hall–Kier alpha value is -2.28. The molecule has 4 rings (SSSR count). The minimum Gasteiger partial charge on any atom is -0.588 e. The smallest absolute Gasteiger partial charge is 0.179 e. The van der Waals surface area contributed by atoms with Gasteiger partial charge in [0.15, 0.2) is 4.90 Å². The first-order chi connectivity index (χ1) is 16.5. The number of nitrogens with zero attached hydrogens (tertiary/aromatic N) is 3. The zero-order chi connectivity index (χ0) is 23.9. The maximum Gasteiger partial charge on any atom is 0.179 e. The molecule has 34 heavy (non-hydrogen) atoms. The molecule has 182 valence electrons. The van der Waals surface area contributed by atoms with Gasteiger partial charge in [0.2, 0.25) is 0 Å². The van der Waals surface area contributed by atoms with Crippen molar-refractivity contribution in [2.75, 3.05) is 24.9 Å². The van der Waals surface area contributed by atoms with E-state index in [1.165, 1.54) is 56.3 Å². The lowest BCUT2D eigenvalue weighted by atomic mass is 9.91. The quantitative estimate of drug-likeness (QED) is 0.308. The third-order valence-corrected chi connectivity index (χ3v) is 8.21. The Kier molecular flexibility index (Phi) is 8.70. The lowest BCUT2D eigenvalue weighted by Crippen LogP contribution is -2.30. The highest BCUT2D eigenvalue weighted by Gasteiger charge is 2.20. The van der Waals surface area contributed by atoms with E-state index < -0.39 is 11.4 Å². The molecule has 1 atom stereocenters. The summed E-state index contributed by atoms with van der Waals surface area (Å²) < 4.78 is 18.2. The number of benzene rings is 2. The molecule has 0 aliphatic carbocycles. The summed E-state index contributed by atoms with van der Waals surface area (Å²) in [4.78, 5) is 3.24. The Morgan fingerprint density at radius 1 is 0.971 bits per heavy atom. The zero-order valence-electron chi connectivity index (χ0n) is 20.8. The Labute approximate surface area is 207 Å². The number of piperidine rings is 1. The van der Waals surface area contributed by atoms with Crippen molar-refractivity contribution in [1.82, 2.24) is 14.7 Å². The topological polar surface area (TPSA) is 56.1 Å². The lowest BCUT2D eigenvalue weighted by molar-refractivity contribution is 0.210. The molecule has 0 radical (unpaired) electrons. The average Bonchev–Trinajstić information content (AvgIpc) is 3.11. The van der Waals surface area contributed by atoms with Crippen LogP contribution in [0.15, 0.2) is 59.5 Å².